The molecular formula is C10H13N3O. The van der Waals surface area contributed by atoms with Crippen LogP contribution in [0.2, 0.25) is 0 Å². The average molecular weight is 191 g/mol. The monoisotopic (exact) mass is 191 g/mol. The highest BCUT2D eigenvalue weighted by Crippen LogP contribution is 2.17. The largest absolute Gasteiger partial charge is 0.381 e. The Hall–Kier alpha value is -1.34. The van der Waals surface area contributed by atoms with Crippen LogP contribution in [0.4, 0.5) is 0 Å². The second-order valence-electron chi connectivity index (χ2n) is 3.57. The summed E-state index contributed by atoms with van der Waals surface area (Å²) in [5, 5.41) is 8.78. The fourth-order valence-electron chi connectivity index (χ4n) is 1.78. The third-order valence-corrected chi connectivity index (χ3v) is 2.61. The van der Waals surface area contributed by atoms with Crippen molar-refractivity contribution in [1.29, 1.82) is 5.26 Å². The van der Waals surface area contributed by atoms with Crippen LogP contribution in [0.3, 0.4) is 0 Å². The molecule has 0 N–H and O–H groups in total. The molecule has 1 aliphatic heterocycles. The van der Waals surface area contributed by atoms with Crippen molar-refractivity contribution in [3.8, 4) is 6.07 Å². The van der Waals surface area contributed by atoms with Crippen LogP contribution in [0.25, 0.3) is 0 Å². The molecule has 0 amide bonds. The van der Waals surface area contributed by atoms with E-state index in [0.717, 1.165) is 32.6 Å². The van der Waals surface area contributed by atoms with Gasteiger partial charge in [0.15, 0.2) is 0 Å². The number of aromatic nitrogens is 2. The maximum atomic E-state index is 8.78. The van der Waals surface area contributed by atoms with E-state index in [1.54, 1.807) is 6.20 Å². The van der Waals surface area contributed by atoms with Gasteiger partial charge in [-0.05, 0) is 18.8 Å². The van der Waals surface area contributed by atoms with Gasteiger partial charge in [-0.25, -0.2) is 4.98 Å². The summed E-state index contributed by atoms with van der Waals surface area (Å²) in [7, 11) is 0. The number of hydrogen-bond donors (Lipinski definition) is 0. The lowest BCUT2D eigenvalue weighted by atomic mass is 10.0. The minimum Gasteiger partial charge on any atom is -0.381 e. The first kappa shape index (κ1) is 9.22. The van der Waals surface area contributed by atoms with Crippen molar-refractivity contribution in [2.75, 3.05) is 13.2 Å². The van der Waals surface area contributed by atoms with E-state index in [-0.39, 0.29) is 0 Å². The summed E-state index contributed by atoms with van der Waals surface area (Å²) in [6.45, 7) is 2.59. The van der Waals surface area contributed by atoms with Gasteiger partial charge in [0, 0.05) is 32.2 Å². The second-order valence-corrected chi connectivity index (χ2v) is 3.57. The van der Waals surface area contributed by atoms with Gasteiger partial charge >= 0.3 is 0 Å². The van der Waals surface area contributed by atoms with E-state index < -0.39 is 0 Å². The predicted molar refractivity (Wildman–Crippen MR) is 50.5 cm³/mol. The average Bonchev–Trinajstić information content (AvgIpc) is 2.67. The van der Waals surface area contributed by atoms with Crippen LogP contribution in [0.15, 0.2) is 12.4 Å². The number of ether oxygens (including phenoxy) is 1. The first-order valence-corrected chi connectivity index (χ1v) is 4.89. The van der Waals surface area contributed by atoms with E-state index in [0.29, 0.717) is 11.7 Å². The molecule has 14 heavy (non-hydrogen) atoms. The summed E-state index contributed by atoms with van der Waals surface area (Å²) in [4.78, 5) is 3.97. The summed E-state index contributed by atoms with van der Waals surface area (Å²) in [5.41, 5.74) is 0. The second kappa shape index (κ2) is 4.25. The first-order chi connectivity index (χ1) is 6.90. The van der Waals surface area contributed by atoms with Crippen LogP contribution >= 0.6 is 0 Å². The fraction of sp³-hybridized carbons (Fsp3) is 0.600. The molecular weight excluding hydrogens is 178 g/mol. The van der Waals surface area contributed by atoms with Crippen molar-refractivity contribution < 1.29 is 4.74 Å². The molecule has 4 heteroatoms. The molecule has 0 saturated carbocycles. The maximum Gasteiger partial charge on any atom is 0.212 e. The Morgan fingerprint density at radius 3 is 3.07 bits per heavy atom. The van der Waals surface area contributed by atoms with Crippen molar-refractivity contribution >= 4 is 0 Å². The topological polar surface area (TPSA) is 50.8 Å². The van der Waals surface area contributed by atoms with Crippen LogP contribution < -0.4 is 0 Å². The lowest BCUT2D eigenvalue weighted by Crippen LogP contribution is -2.20. The van der Waals surface area contributed by atoms with E-state index in [2.05, 4.69) is 11.1 Å². The minimum absolute atomic E-state index is 0.511. The Morgan fingerprint density at radius 1 is 1.57 bits per heavy atom. The summed E-state index contributed by atoms with van der Waals surface area (Å²) in [5.74, 6) is 1.14. The molecule has 1 aliphatic rings. The van der Waals surface area contributed by atoms with E-state index >= 15 is 0 Å². The molecule has 74 valence electrons. The maximum absolute atomic E-state index is 8.78. The third-order valence-electron chi connectivity index (χ3n) is 2.61. The summed E-state index contributed by atoms with van der Waals surface area (Å²) < 4.78 is 7.21. The van der Waals surface area contributed by atoms with E-state index in [4.69, 9.17) is 10.00 Å². The molecule has 1 aromatic heterocycles. The number of imidazole rings is 1. The molecule has 1 fully saturated rings. The van der Waals surface area contributed by atoms with E-state index in [1.165, 1.54) is 0 Å². The Morgan fingerprint density at radius 2 is 2.36 bits per heavy atom. The molecule has 0 radical (unpaired) electrons. The first-order valence-electron chi connectivity index (χ1n) is 4.89. The van der Waals surface area contributed by atoms with Gasteiger partial charge in [0.2, 0.25) is 5.82 Å². The Bertz CT molecular complexity index is 333. The highest BCUT2D eigenvalue weighted by Gasteiger charge is 2.15. The third kappa shape index (κ3) is 1.94. The molecule has 0 bridgehead atoms. The van der Waals surface area contributed by atoms with Gasteiger partial charge in [-0.3, -0.25) is 0 Å². The fourth-order valence-corrected chi connectivity index (χ4v) is 1.78. The van der Waals surface area contributed by atoms with Crippen LogP contribution in [0, 0.1) is 17.2 Å². The van der Waals surface area contributed by atoms with Crippen LogP contribution in [0.1, 0.15) is 18.7 Å². The SMILES string of the molecule is N#Cc1nccn1CC1CCOCC1. The van der Waals surface area contributed by atoms with Crippen molar-refractivity contribution in [1.82, 2.24) is 9.55 Å². The predicted octanol–water partition coefficient (Wildman–Crippen LogP) is 1.18. The van der Waals surface area contributed by atoms with Crippen molar-refractivity contribution in [2.45, 2.75) is 19.4 Å². The standard InChI is InChI=1S/C10H13N3O/c11-7-10-12-3-4-13(10)8-9-1-5-14-6-2-9/h3-4,9H,1-2,5-6,8H2. The molecule has 0 spiro atoms. The van der Waals surface area contributed by atoms with Crippen molar-refractivity contribution in [3.63, 3.8) is 0 Å². The van der Waals surface area contributed by atoms with Gasteiger partial charge in [0.05, 0.1) is 0 Å². The zero-order valence-corrected chi connectivity index (χ0v) is 8.02. The minimum atomic E-state index is 0.511. The van der Waals surface area contributed by atoms with Gasteiger partial charge in [-0.15, -0.1) is 0 Å². The van der Waals surface area contributed by atoms with E-state index in [9.17, 15) is 0 Å². The molecule has 0 atom stereocenters. The molecule has 2 rings (SSSR count). The van der Waals surface area contributed by atoms with Crippen LogP contribution in [-0.2, 0) is 11.3 Å². The van der Waals surface area contributed by atoms with Gasteiger partial charge in [0.1, 0.15) is 6.07 Å². The molecule has 1 aromatic rings. The number of rotatable bonds is 2. The molecule has 4 nitrogen and oxygen atoms in total. The lowest BCUT2D eigenvalue weighted by molar-refractivity contribution is 0.0612. The highest BCUT2D eigenvalue weighted by atomic mass is 16.5. The molecule has 0 aromatic carbocycles. The smallest absolute Gasteiger partial charge is 0.212 e. The molecule has 0 aliphatic carbocycles. The number of hydrogen-bond acceptors (Lipinski definition) is 3. The molecule has 0 unspecified atom stereocenters. The molecule has 2 heterocycles. The summed E-state index contributed by atoms with van der Waals surface area (Å²) >= 11 is 0. The van der Waals surface area contributed by atoms with Crippen LogP contribution in [-0.4, -0.2) is 22.8 Å². The number of nitrogens with zero attached hydrogens (tertiary/aromatic N) is 3. The Balaban J connectivity index is 1.99. The van der Waals surface area contributed by atoms with Gasteiger partial charge in [-0.1, -0.05) is 0 Å². The Labute approximate surface area is 83.1 Å². The number of nitriles is 1. The van der Waals surface area contributed by atoms with Crippen molar-refractivity contribution in [2.24, 2.45) is 5.92 Å². The normalized spacial score (nSPS) is 17.9. The van der Waals surface area contributed by atoms with Gasteiger partial charge in [-0.2, -0.15) is 5.26 Å². The zero-order chi connectivity index (χ0) is 9.80. The van der Waals surface area contributed by atoms with Crippen molar-refractivity contribution in [3.05, 3.63) is 18.2 Å². The van der Waals surface area contributed by atoms with E-state index in [1.807, 2.05) is 10.8 Å². The van der Waals surface area contributed by atoms with Gasteiger partial charge in [0.25, 0.3) is 0 Å². The quantitative estimate of drug-likeness (QED) is 0.705. The summed E-state index contributed by atoms with van der Waals surface area (Å²) in [6.07, 6.45) is 5.72. The van der Waals surface area contributed by atoms with Crippen LogP contribution in [0.5, 0.6) is 0 Å². The molecule has 1 saturated heterocycles. The Kier molecular flexibility index (Phi) is 2.80. The zero-order valence-electron chi connectivity index (χ0n) is 8.02. The summed E-state index contributed by atoms with van der Waals surface area (Å²) in [6, 6.07) is 2.09. The highest BCUT2D eigenvalue weighted by molar-refractivity contribution is 5.11. The van der Waals surface area contributed by atoms with Gasteiger partial charge < -0.3 is 9.30 Å². The lowest BCUT2D eigenvalue weighted by Gasteiger charge is -2.22.